The number of aromatic amines is 1. The van der Waals surface area contributed by atoms with Crippen molar-refractivity contribution in [1.29, 1.82) is 0 Å². The van der Waals surface area contributed by atoms with Crippen molar-refractivity contribution < 1.29 is 18.0 Å². The normalized spacial score (nSPS) is 11.5. The summed E-state index contributed by atoms with van der Waals surface area (Å²) in [6.07, 6.45) is -2.91. The molecule has 3 aromatic heterocycles. The lowest BCUT2D eigenvalue weighted by Gasteiger charge is -2.14. The van der Waals surface area contributed by atoms with Gasteiger partial charge >= 0.3 is 6.18 Å². The maximum Gasteiger partial charge on any atom is 0.416 e. The molecule has 0 unspecified atom stereocenters. The molecule has 0 saturated heterocycles. The molecule has 0 aliphatic heterocycles. The van der Waals surface area contributed by atoms with Crippen LogP contribution in [0.4, 0.5) is 30.5 Å². The van der Waals surface area contributed by atoms with Gasteiger partial charge in [0.05, 0.1) is 11.1 Å². The van der Waals surface area contributed by atoms with Gasteiger partial charge in [-0.2, -0.15) is 18.3 Å². The summed E-state index contributed by atoms with van der Waals surface area (Å²) in [5.74, 6) is 0.423. The zero-order valence-electron chi connectivity index (χ0n) is 21.1. The van der Waals surface area contributed by atoms with E-state index in [9.17, 15) is 22.8 Å². The Morgan fingerprint density at radius 2 is 1.77 bits per heavy atom. The number of carbonyl (C=O) groups is 1. The summed E-state index contributed by atoms with van der Waals surface area (Å²) in [7, 11) is 1.66. The van der Waals surface area contributed by atoms with Crippen molar-refractivity contribution >= 4 is 34.1 Å². The molecule has 11 heteroatoms. The number of nitrogens with zero attached hydrogens (tertiary/aromatic N) is 3. The number of amides is 1. The van der Waals surface area contributed by atoms with E-state index in [2.05, 4.69) is 25.8 Å². The van der Waals surface area contributed by atoms with Crippen LogP contribution in [0.2, 0.25) is 0 Å². The monoisotopic (exact) mass is 532 g/mol. The van der Waals surface area contributed by atoms with Crippen LogP contribution in [0.15, 0.2) is 71.7 Å². The Kier molecular flexibility index (Phi) is 6.43. The average Bonchev–Trinajstić information content (AvgIpc) is 3.31. The second-order valence-electron chi connectivity index (χ2n) is 9.17. The van der Waals surface area contributed by atoms with Gasteiger partial charge in [-0.25, -0.2) is 4.98 Å². The standard InChI is InChI=1S/C28H23F3N6O2/c1-15-7-8-20(33-26(38)17-5-4-6-19(10-17)28(29,30)31)12-21(15)22-11-18-14-32-24(13-23(18)37(3)27(22)39)34-25-9-16(2)35-36-25/h4-14H,1-3H3,(H,33,38)(H2,32,34,35,36). The number of carbonyl (C=O) groups excluding carboxylic acids is 1. The predicted molar refractivity (Wildman–Crippen MR) is 143 cm³/mol. The number of nitrogens with one attached hydrogen (secondary N) is 3. The number of H-pyrrole nitrogens is 1. The highest BCUT2D eigenvalue weighted by Gasteiger charge is 2.31. The maximum absolute atomic E-state index is 13.4. The van der Waals surface area contributed by atoms with Crippen LogP contribution >= 0.6 is 0 Å². The molecule has 3 heterocycles. The van der Waals surface area contributed by atoms with Gasteiger partial charge in [0.15, 0.2) is 5.82 Å². The topological polar surface area (TPSA) is 105 Å². The van der Waals surface area contributed by atoms with Gasteiger partial charge in [0.25, 0.3) is 11.5 Å². The molecule has 3 N–H and O–H groups in total. The first-order chi connectivity index (χ1) is 18.5. The van der Waals surface area contributed by atoms with Gasteiger partial charge in [-0.1, -0.05) is 12.1 Å². The van der Waals surface area contributed by atoms with Crippen molar-refractivity contribution in [2.24, 2.45) is 7.05 Å². The van der Waals surface area contributed by atoms with E-state index >= 15 is 0 Å². The van der Waals surface area contributed by atoms with Crippen LogP contribution in [0.5, 0.6) is 0 Å². The minimum atomic E-state index is -4.56. The third-order valence-corrected chi connectivity index (χ3v) is 6.31. The van der Waals surface area contributed by atoms with Gasteiger partial charge < -0.3 is 15.2 Å². The minimum Gasteiger partial charge on any atom is -0.323 e. The van der Waals surface area contributed by atoms with Gasteiger partial charge in [-0.05, 0) is 61.4 Å². The van der Waals surface area contributed by atoms with E-state index in [4.69, 9.17) is 0 Å². The lowest BCUT2D eigenvalue weighted by atomic mass is 9.99. The molecule has 198 valence electrons. The Morgan fingerprint density at radius 1 is 0.974 bits per heavy atom. The maximum atomic E-state index is 13.4. The fourth-order valence-corrected chi connectivity index (χ4v) is 4.27. The summed E-state index contributed by atoms with van der Waals surface area (Å²) < 4.78 is 40.7. The first kappa shape index (κ1) is 25.7. The quantitative estimate of drug-likeness (QED) is 0.259. The number of rotatable bonds is 5. The van der Waals surface area contributed by atoms with Gasteiger partial charge in [0, 0.05) is 53.3 Å². The van der Waals surface area contributed by atoms with E-state index in [1.165, 1.54) is 16.7 Å². The number of benzene rings is 2. The molecule has 39 heavy (non-hydrogen) atoms. The molecular weight excluding hydrogens is 509 g/mol. The number of pyridine rings is 2. The molecule has 0 fully saturated rings. The number of halogens is 3. The number of hydrogen-bond acceptors (Lipinski definition) is 5. The van der Waals surface area contributed by atoms with Gasteiger partial charge in [0.1, 0.15) is 5.82 Å². The van der Waals surface area contributed by atoms with Crippen molar-refractivity contribution in [3.05, 3.63) is 99.6 Å². The van der Waals surface area contributed by atoms with Crippen LogP contribution < -0.4 is 16.2 Å². The summed E-state index contributed by atoms with van der Waals surface area (Å²) in [5, 5.41) is 13.4. The summed E-state index contributed by atoms with van der Waals surface area (Å²) in [6.45, 7) is 3.71. The molecule has 5 rings (SSSR count). The highest BCUT2D eigenvalue weighted by molar-refractivity contribution is 6.04. The Hall–Kier alpha value is -4.93. The molecule has 0 spiro atoms. The SMILES string of the molecule is Cc1cc(Nc2cc3c(cn2)cc(-c2cc(NC(=O)c4cccc(C(F)(F)F)c4)ccc2C)c(=O)n3C)n[nH]1. The molecule has 0 radical (unpaired) electrons. The molecule has 5 aromatic rings. The van der Waals surface area contributed by atoms with Crippen LogP contribution in [0, 0.1) is 13.8 Å². The zero-order chi connectivity index (χ0) is 27.9. The number of anilines is 3. The Labute approximate surface area is 220 Å². The van der Waals surface area contributed by atoms with E-state index in [0.29, 0.717) is 39.4 Å². The van der Waals surface area contributed by atoms with Crippen LogP contribution in [0.1, 0.15) is 27.2 Å². The first-order valence-electron chi connectivity index (χ1n) is 11.9. The van der Waals surface area contributed by atoms with Gasteiger partial charge in [-0.15, -0.1) is 0 Å². The summed E-state index contributed by atoms with van der Waals surface area (Å²) in [6, 6.07) is 14.5. The average molecular weight is 533 g/mol. The van der Waals surface area contributed by atoms with Crippen molar-refractivity contribution in [3.8, 4) is 11.1 Å². The number of fused-ring (bicyclic) bond motifs is 1. The van der Waals surface area contributed by atoms with E-state index in [-0.39, 0.29) is 11.1 Å². The Bertz CT molecular complexity index is 1790. The second-order valence-corrected chi connectivity index (χ2v) is 9.17. The third kappa shape index (κ3) is 5.24. The second kappa shape index (κ2) is 9.75. The highest BCUT2D eigenvalue weighted by atomic mass is 19.4. The lowest BCUT2D eigenvalue weighted by Crippen LogP contribution is -2.19. The number of aryl methyl sites for hydroxylation is 3. The number of hydrogen-bond donors (Lipinski definition) is 3. The van der Waals surface area contributed by atoms with Crippen LogP contribution in [0.25, 0.3) is 22.0 Å². The molecule has 8 nitrogen and oxygen atoms in total. The summed E-state index contributed by atoms with van der Waals surface area (Å²) in [5.41, 5.74) is 2.33. The lowest BCUT2D eigenvalue weighted by molar-refractivity contribution is -0.137. The zero-order valence-corrected chi connectivity index (χ0v) is 21.1. The highest BCUT2D eigenvalue weighted by Crippen LogP contribution is 2.31. The smallest absolute Gasteiger partial charge is 0.323 e. The van der Waals surface area contributed by atoms with Crippen molar-refractivity contribution in [2.75, 3.05) is 10.6 Å². The van der Waals surface area contributed by atoms with Gasteiger partial charge in [0.2, 0.25) is 0 Å². The molecule has 0 aliphatic rings. The summed E-state index contributed by atoms with van der Waals surface area (Å²) in [4.78, 5) is 30.6. The van der Waals surface area contributed by atoms with E-state index in [1.807, 2.05) is 19.9 Å². The molecule has 0 bridgehead atoms. The first-order valence-corrected chi connectivity index (χ1v) is 11.9. The predicted octanol–water partition coefficient (Wildman–Crippen LogP) is 5.96. The largest absolute Gasteiger partial charge is 0.416 e. The Morgan fingerprint density at radius 3 is 2.49 bits per heavy atom. The fourth-order valence-electron chi connectivity index (χ4n) is 4.27. The minimum absolute atomic E-state index is 0.131. The van der Waals surface area contributed by atoms with Gasteiger partial charge in [-0.3, -0.25) is 14.7 Å². The molecule has 0 saturated carbocycles. The molecule has 2 aromatic carbocycles. The third-order valence-electron chi connectivity index (χ3n) is 6.31. The molecule has 0 aliphatic carbocycles. The van der Waals surface area contributed by atoms with Crippen molar-refractivity contribution in [2.45, 2.75) is 20.0 Å². The number of aromatic nitrogens is 4. The van der Waals surface area contributed by atoms with E-state index in [0.717, 1.165) is 23.4 Å². The van der Waals surface area contributed by atoms with E-state index < -0.39 is 17.6 Å². The molecule has 1 amide bonds. The Balaban J connectivity index is 1.47. The fraction of sp³-hybridized carbons (Fsp3) is 0.143. The molecule has 0 atom stereocenters. The van der Waals surface area contributed by atoms with Crippen LogP contribution in [-0.4, -0.2) is 25.7 Å². The van der Waals surface area contributed by atoms with Crippen molar-refractivity contribution in [3.63, 3.8) is 0 Å². The van der Waals surface area contributed by atoms with Crippen LogP contribution in [0.3, 0.4) is 0 Å². The summed E-state index contributed by atoms with van der Waals surface area (Å²) >= 11 is 0. The van der Waals surface area contributed by atoms with Crippen LogP contribution in [-0.2, 0) is 13.2 Å². The van der Waals surface area contributed by atoms with E-state index in [1.54, 1.807) is 43.6 Å². The van der Waals surface area contributed by atoms with Crippen molar-refractivity contribution in [1.82, 2.24) is 19.7 Å². The molecular formula is C28H23F3N6O2. The number of alkyl halides is 3.